The van der Waals surface area contributed by atoms with Crippen LogP contribution in [0.4, 0.5) is 0 Å². The number of aryl methyl sites for hydroxylation is 1. The normalized spacial score (nSPS) is 12.4. The van der Waals surface area contributed by atoms with E-state index in [0.717, 1.165) is 6.54 Å². The molecule has 2 rings (SSSR count). The van der Waals surface area contributed by atoms with Gasteiger partial charge in [-0.25, -0.2) is 0 Å². The standard InChI is InChI=1S/C17H22N2OS/c1-13-7-4-5-8-15(13)12-19(3)14(2)17(20)18-11-16-9-6-10-21-16/h4-10,14H,11-12H2,1-3H3,(H,18,20)/t14-/m1/s1. The third-order valence-corrected chi connectivity index (χ3v) is 4.61. The van der Waals surface area contributed by atoms with Gasteiger partial charge in [-0.05, 0) is 43.5 Å². The van der Waals surface area contributed by atoms with Crippen LogP contribution in [0.5, 0.6) is 0 Å². The molecule has 2 aromatic rings. The molecule has 1 atom stereocenters. The molecular formula is C17H22N2OS. The summed E-state index contributed by atoms with van der Waals surface area (Å²) < 4.78 is 0. The Morgan fingerprint density at radius 2 is 2.05 bits per heavy atom. The number of carbonyl (C=O) groups excluding carboxylic acids is 1. The molecule has 0 spiro atoms. The fraction of sp³-hybridized carbons (Fsp3) is 0.353. The third kappa shape index (κ3) is 4.41. The number of nitrogens with zero attached hydrogens (tertiary/aromatic N) is 1. The Labute approximate surface area is 130 Å². The molecule has 0 aliphatic heterocycles. The smallest absolute Gasteiger partial charge is 0.237 e. The van der Waals surface area contributed by atoms with Gasteiger partial charge in [0.05, 0.1) is 12.6 Å². The summed E-state index contributed by atoms with van der Waals surface area (Å²) in [5.74, 6) is 0.0690. The van der Waals surface area contributed by atoms with Gasteiger partial charge >= 0.3 is 0 Å². The zero-order chi connectivity index (χ0) is 15.2. The highest BCUT2D eigenvalue weighted by Gasteiger charge is 2.18. The molecule has 0 aliphatic carbocycles. The first-order valence-corrected chi connectivity index (χ1v) is 8.00. The Morgan fingerprint density at radius 3 is 2.71 bits per heavy atom. The lowest BCUT2D eigenvalue weighted by Crippen LogP contribution is -2.42. The van der Waals surface area contributed by atoms with E-state index >= 15 is 0 Å². The lowest BCUT2D eigenvalue weighted by Gasteiger charge is -2.24. The van der Waals surface area contributed by atoms with Crippen molar-refractivity contribution >= 4 is 17.2 Å². The van der Waals surface area contributed by atoms with Crippen LogP contribution in [0, 0.1) is 6.92 Å². The number of hydrogen-bond donors (Lipinski definition) is 1. The van der Waals surface area contributed by atoms with E-state index in [4.69, 9.17) is 0 Å². The number of thiophene rings is 1. The van der Waals surface area contributed by atoms with Gasteiger partial charge in [-0.2, -0.15) is 0 Å². The summed E-state index contributed by atoms with van der Waals surface area (Å²) in [7, 11) is 1.99. The van der Waals surface area contributed by atoms with E-state index in [-0.39, 0.29) is 11.9 Å². The van der Waals surface area contributed by atoms with Crippen LogP contribution in [0.25, 0.3) is 0 Å². The van der Waals surface area contributed by atoms with Gasteiger partial charge in [-0.3, -0.25) is 9.69 Å². The second-order valence-corrected chi connectivity index (χ2v) is 6.35. The molecule has 1 aromatic carbocycles. The highest BCUT2D eigenvalue weighted by molar-refractivity contribution is 7.09. The molecule has 1 aromatic heterocycles. The molecule has 3 nitrogen and oxygen atoms in total. The van der Waals surface area contributed by atoms with Gasteiger partial charge in [0.25, 0.3) is 0 Å². The number of amides is 1. The average Bonchev–Trinajstić information content (AvgIpc) is 2.99. The maximum Gasteiger partial charge on any atom is 0.237 e. The van der Waals surface area contributed by atoms with Gasteiger partial charge in [0.15, 0.2) is 0 Å². The van der Waals surface area contributed by atoms with Gasteiger partial charge in [0.2, 0.25) is 5.91 Å². The predicted molar refractivity (Wildman–Crippen MR) is 88.3 cm³/mol. The number of carbonyl (C=O) groups is 1. The van der Waals surface area contributed by atoms with Crippen LogP contribution in [-0.4, -0.2) is 23.9 Å². The monoisotopic (exact) mass is 302 g/mol. The Balaban J connectivity index is 1.88. The highest BCUT2D eigenvalue weighted by Crippen LogP contribution is 2.12. The Morgan fingerprint density at radius 1 is 1.29 bits per heavy atom. The first-order valence-electron chi connectivity index (χ1n) is 7.12. The van der Waals surface area contributed by atoms with Crippen LogP contribution < -0.4 is 5.32 Å². The van der Waals surface area contributed by atoms with Crippen molar-refractivity contribution in [2.75, 3.05) is 7.05 Å². The van der Waals surface area contributed by atoms with Crippen molar-refractivity contribution in [1.82, 2.24) is 10.2 Å². The van der Waals surface area contributed by atoms with E-state index in [2.05, 4.69) is 29.3 Å². The van der Waals surface area contributed by atoms with E-state index < -0.39 is 0 Å². The minimum atomic E-state index is -0.149. The van der Waals surface area contributed by atoms with Crippen molar-refractivity contribution in [2.45, 2.75) is 33.0 Å². The number of hydrogen-bond acceptors (Lipinski definition) is 3. The van der Waals surface area contributed by atoms with Crippen molar-refractivity contribution in [1.29, 1.82) is 0 Å². The first-order chi connectivity index (χ1) is 10.1. The summed E-state index contributed by atoms with van der Waals surface area (Å²) in [6.45, 7) is 5.44. The van der Waals surface area contributed by atoms with Crippen molar-refractivity contribution in [3.63, 3.8) is 0 Å². The molecule has 0 saturated heterocycles. The van der Waals surface area contributed by atoms with Crippen molar-refractivity contribution in [3.8, 4) is 0 Å². The zero-order valence-electron chi connectivity index (χ0n) is 12.8. The van der Waals surface area contributed by atoms with Gasteiger partial charge in [0.1, 0.15) is 0 Å². The number of nitrogens with one attached hydrogen (secondary N) is 1. The molecule has 1 N–H and O–H groups in total. The average molecular weight is 302 g/mol. The topological polar surface area (TPSA) is 32.3 Å². The second kappa shape index (κ2) is 7.38. The molecule has 0 bridgehead atoms. The molecule has 0 aliphatic rings. The molecule has 0 saturated carbocycles. The molecule has 1 amide bonds. The van der Waals surface area contributed by atoms with Crippen molar-refractivity contribution in [2.24, 2.45) is 0 Å². The fourth-order valence-electron chi connectivity index (χ4n) is 2.13. The summed E-state index contributed by atoms with van der Waals surface area (Å²) in [5.41, 5.74) is 2.52. The molecular weight excluding hydrogens is 280 g/mol. The summed E-state index contributed by atoms with van der Waals surface area (Å²) in [6, 6.07) is 12.2. The summed E-state index contributed by atoms with van der Waals surface area (Å²) in [5, 5.41) is 5.02. The number of benzene rings is 1. The lowest BCUT2D eigenvalue weighted by molar-refractivity contribution is -0.125. The van der Waals surface area contributed by atoms with Crippen molar-refractivity contribution in [3.05, 3.63) is 57.8 Å². The summed E-state index contributed by atoms with van der Waals surface area (Å²) in [4.78, 5) is 15.5. The van der Waals surface area contributed by atoms with Gasteiger partial charge < -0.3 is 5.32 Å². The van der Waals surface area contributed by atoms with E-state index in [9.17, 15) is 4.79 Å². The van der Waals surface area contributed by atoms with Crippen LogP contribution in [0.1, 0.15) is 22.9 Å². The lowest BCUT2D eigenvalue weighted by atomic mass is 10.1. The highest BCUT2D eigenvalue weighted by atomic mass is 32.1. The largest absolute Gasteiger partial charge is 0.350 e. The molecule has 21 heavy (non-hydrogen) atoms. The number of rotatable bonds is 6. The van der Waals surface area contributed by atoms with Crippen LogP contribution in [0.15, 0.2) is 41.8 Å². The van der Waals surface area contributed by atoms with Crippen LogP contribution in [-0.2, 0) is 17.9 Å². The third-order valence-electron chi connectivity index (χ3n) is 3.74. The van der Waals surface area contributed by atoms with E-state index in [0.29, 0.717) is 6.54 Å². The Hall–Kier alpha value is -1.65. The fourth-order valence-corrected chi connectivity index (χ4v) is 2.77. The SMILES string of the molecule is Cc1ccccc1CN(C)[C@H](C)C(=O)NCc1cccs1. The molecule has 0 radical (unpaired) electrons. The quantitative estimate of drug-likeness (QED) is 0.889. The molecule has 4 heteroatoms. The maximum absolute atomic E-state index is 12.2. The van der Waals surface area contributed by atoms with E-state index in [1.54, 1.807) is 11.3 Å². The van der Waals surface area contributed by atoms with Crippen LogP contribution >= 0.6 is 11.3 Å². The first kappa shape index (κ1) is 15.7. The molecule has 0 unspecified atom stereocenters. The summed E-state index contributed by atoms with van der Waals surface area (Å²) in [6.07, 6.45) is 0. The zero-order valence-corrected chi connectivity index (χ0v) is 13.6. The number of likely N-dealkylation sites (N-methyl/N-ethyl adjacent to an activating group) is 1. The minimum absolute atomic E-state index is 0.0690. The van der Waals surface area contributed by atoms with Crippen molar-refractivity contribution < 1.29 is 4.79 Å². The van der Waals surface area contributed by atoms with Crippen LogP contribution in [0.2, 0.25) is 0 Å². The molecule has 0 fully saturated rings. The van der Waals surface area contributed by atoms with E-state index in [1.807, 2.05) is 43.6 Å². The summed E-state index contributed by atoms with van der Waals surface area (Å²) >= 11 is 1.66. The predicted octanol–water partition coefficient (Wildman–Crippen LogP) is 3.19. The minimum Gasteiger partial charge on any atom is -0.350 e. The van der Waals surface area contributed by atoms with Gasteiger partial charge in [-0.1, -0.05) is 30.3 Å². The van der Waals surface area contributed by atoms with Gasteiger partial charge in [-0.15, -0.1) is 11.3 Å². The molecule has 1 heterocycles. The second-order valence-electron chi connectivity index (χ2n) is 5.31. The van der Waals surface area contributed by atoms with Gasteiger partial charge in [0, 0.05) is 11.4 Å². The Bertz CT molecular complexity index is 580. The molecule has 112 valence electrons. The van der Waals surface area contributed by atoms with Crippen LogP contribution in [0.3, 0.4) is 0 Å². The van der Waals surface area contributed by atoms with E-state index in [1.165, 1.54) is 16.0 Å². The Kier molecular flexibility index (Phi) is 5.53. The maximum atomic E-state index is 12.2.